The number of anilines is 1. The molecule has 1 atom stereocenters. The third-order valence-corrected chi connectivity index (χ3v) is 7.42. The molecule has 0 saturated heterocycles. The van der Waals surface area contributed by atoms with Gasteiger partial charge in [-0.25, -0.2) is 18.1 Å². The summed E-state index contributed by atoms with van der Waals surface area (Å²) < 4.78 is 34.8. The zero-order chi connectivity index (χ0) is 29.5. The Morgan fingerprint density at radius 3 is 2.35 bits per heavy atom. The molecule has 0 saturated carbocycles. The summed E-state index contributed by atoms with van der Waals surface area (Å²) in [5.41, 5.74) is 3.32. The molecule has 3 N–H and O–H groups in total. The van der Waals surface area contributed by atoms with E-state index in [0.29, 0.717) is 18.5 Å². The summed E-state index contributed by atoms with van der Waals surface area (Å²) >= 11 is 0. The highest BCUT2D eigenvalue weighted by atomic mass is 32.2. The van der Waals surface area contributed by atoms with Crippen LogP contribution in [-0.4, -0.2) is 56.8 Å². The maximum Gasteiger partial charge on any atom is 0.264 e. The Bertz CT molecular complexity index is 1450. The number of carbonyl (C=O) groups excluding carboxylic acids is 2. The number of aromatic nitrogens is 2. The molecule has 1 unspecified atom stereocenters. The lowest BCUT2D eigenvalue weighted by Crippen LogP contribution is -2.44. The van der Waals surface area contributed by atoms with Crippen molar-refractivity contribution >= 4 is 28.2 Å². The Kier molecular flexibility index (Phi) is 9.99. The number of ether oxygens (including phenoxy) is 1. The normalized spacial score (nSPS) is 12.4. The number of sulfonamides is 1. The SMILES string of the molecule is CNCC(Oc1cc(-c2c(C)cccc2C)nc(NS(=O)(=O)c2cccc(C=O)c2)n1)C(=O)NCCC(C)(C)C. The van der Waals surface area contributed by atoms with Gasteiger partial charge in [-0.2, -0.15) is 4.98 Å². The molecule has 0 bridgehead atoms. The van der Waals surface area contributed by atoms with Crippen molar-refractivity contribution < 1.29 is 22.7 Å². The molecule has 0 aliphatic carbocycles. The second-order valence-corrected chi connectivity index (χ2v) is 12.4. The number of nitrogens with one attached hydrogen (secondary N) is 3. The number of benzene rings is 2. The first-order valence-electron chi connectivity index (χ1n) is 13.0. The fraction of sp³-hybridized carbons (Fsp3) is 0.379. The molecule has 0 spiro atoms. The average molecular weight is 568 g/mol. The third kappa shape index (κ3) is 8.33. The molecule has 11 heteroatoms. The number of aldehydes is 1. The van der Waals surface area contributed by atoms with Crippen LogP contribution >= 0.6 is 0 Å². The summed E-state index contributed by atoms with van der Waals surface area (Å²) in [5, 5.41) is 5.86. The van der Waals surface area contributed by atoms with Gasteiger partial charge in [0.05, 0.1) is 10.6 Å². The van der Waals surface area contributed by atoms with Crippen molar-refractivity contribution in [2.75, 3.05) is 24.9 Å². The van der Waals surface area contributed by atoms with Crippen LogP contribution in [0.5, 0.6) is 5.88 Å². The number of hydrogen-bond acceptors (Lipinski definition) is 8. The van der Waals surface area contributed by atoms with Gasteiger partial charge in [0.2, 0.25) is 11.8 Å². The standard InChI is InChI=1S/C29H37N5O5S/c1-19-9-7-10-20(2)26(19)23-16-25(39-24(17-30-6)27(36)31-14-13-29(3,4)5)33-28(32-23)34-40(37,38)22-12-8-11-21(15-22)18-35/h7-12,15-16,18,24,30H,13-14,17H2,1-6H3,(H,31,36)(H,32,33,34). The van der Waals surface area contributed by atoms with Crippen molar-refractivity contribution in [2.45, 2.75) is 52.0 Å². The van der Waals surface area contributed by atoms with E-state index in [2.05, 4.69) is 46.1 Å². The Labute approximate surface area is 236 Å². The van der Waals surface area contributed by atoms with Crippen LogP contribution in [-0.2, 0) is 14.8 Å². The largest absolute Gasteiger partial charge is 0.463 e. The predicted octanol–water partition coefficient (Wildman–Crippen LogP) is 3.89. The van der Waals surface area contributed by atoms with Gasteiger partial charge in [-0.1, -0.05) is 51.1 Å². The summed E-state index contributed by atoms with van der Waals surface area (Å²) in [6, 6.07) is 13.0. The lowest BCUT2D eigenvalue weighted by atomic mass is 9.92. The first-order chi connectivity index (χ1) is 18.8. The zero-order valence-corrected chi connectivity index (χ0v) is 24.6. The number of nitrogens with zero attached hydrogens (tertiary/aromatic N) is 2. The number of amides is 1. The minimum Gasteiger partial charge on any atom is -0.463 e. The van der Waals surface area contributed by atoms with Gasteiger partial charge in [0, 0.05) is 30.3 Å². The van der Waals surface area contributed by atoms with Gasteiger partial charge < -0.3 is 15.4 Å². The molecule has 0 aliphatic rings. The fourth-order valence-electron chi connectivity index (χ4n) is 4.01. The van der Waals surface area contributed by atoms with Gasteiger partial charge in [0.15, 0.2) is 6.10 Å². The highest BCUT2D eigenvalue weighted by Crippen LogP contribution is 2.29. The molecule has 2 aromatic carbocycles. The Hall–Kier alpha value is -3.83. The molecule has 10 nitrogen and oxygen atoms in total. The van der Waals surface area contributed by atoms with E-state index in [4.69, 9.17) is 4.74 Å². The van der Waals surface area contributed by atoms with E-state index in [1.807, 2.05) is 32.0 Å². The molecular weight excluding hydrogens is 530 g/mol. The number of likely N-dealkylation sites (N-methyl/N-ethyl adjacent to an activating group) is 1. The van der Waals surface area contributed by atoms with Crippen molar-refractivity contribution in [3.8, 4) is 17.1 Å². The van der Waals surface area contributed by atoms with Crippen molar-refractivity contribution in [3.63, 3.8) is 0 Å². The Morgan fingerprint density at radius 2 is 1.73 bits per heavy atom. The van der Waals surface area contributed by atoms with Crippen LogP contribution in [0.4, 0.5) is 5.95 Å². The Morgan fingerprint density at radius 1 is 1.05 bits per heavy atom. The molecule has 1 aromatic heterocycles. The maximum atomic E-state index is 13.2. The van der Waals surface area contributed by atoms with Crippen molar-refractivity contribution in [2.24, 2.45) is 5.41 Å². The van der Waals surface area contributed by atoms with Crippen molar-refractivity contribution in [3.05, 3.63) is 65.2 Å². The molecule has 3 rings (SSSR count). The van der Waals surface area contributed by atoms with Crippen LogP contribution in [0, 0.1) is 19.3 Å². The first-order valence-corrected chi connectivity index (χ1v) is 14.4. The Balaban J connectivity index is 2.01. The van der Waals surface area contributed by atoms with Crippen LogP contribution in [0.1, 0.15) is 48.7 Å². The van der Waals surface area contributed by atoms with Gasteiger partial charge in [0.1, 0.15) is 6.29 Å². The third-order valence-electron chi connectivity index (χ3n) is 6.09. The quantitative estimate of drug-likeness (QED) is 0.280. The monoisotopic (exact) mass is 567 g/mol. The topological polar surface area (TPSA) is 139 Å². The van der Waals surface area contributed by atoms with Crippen molar-refractivity contribution in [1.82, 2.24) is 20.6 Å². The van der Waals surface area contributed by atoms with Crippen LogP contribution in [0.2, 0.25) is 0 Å². The van der Waals surface area contributed by atoms with Gasteiger partial charge in [-0.3, -0.25) is 9.59 Å². The zero-order valence-electron chi connectivity index (χ0n) is 23.7. The van der Waals surface area contributed by atoms with E-state index in [1.165, 1.54) is 24.3 Å². The number of carbonyl (C=O) groups is 2. The van der Waals surface area contributed by atoms with Crippen LogP contribution in [0.3, 0.4) is 0 Å². The molecular formula is C29H37N5O5S. The first kappa shape index (κ1) is 30.7. The second kappa shape index (κ2) is 13.0. The maximum absolute atomic E-state index is 13.2. The van der Waals surface area contributed by atoms with E-state index in [9.17, 15) is 18.0 Å². The summed E-state index contributed by atoms with van der Waals surface area (Å²) in [6.07, 6.45) is 0.420. The average Bonchev–Trinajstić information content (AvgIpc) is 2.87. The summed E-state index contributed by atoms with van der Waals surface area (Å²) in [5.74, 6) is -0.528. The predicted molar refractivity (Wildman–Crippen MR) is 155 cm³/mol. The van der Waals surface area contributed by atoms with Gasteiger partial charge in [-0.05, 0) is 56.0 Å². The fourth-order valence-corrected chi connectivity index (χ4v) is 5.00. The van der Waals surface area contributed by atoms with Gasteiger partial charge in [-0.15, -0.1) is 0 Å². The van der Waals surface area contributed by atoms with Gasteiger partial charge in [0.25, 0.3) is 15.9 Å². The smallest absolute Gasteiger partial charge is 0.264 e. The minimum atomic E-state index is -4.14. The van der Waals surface area contributed by atoms with E-state index < -0.39 is 16.1 Å². The number of hydrogen-bond donors (Lipinski definition) is 3. The molecule has 40 heavy (non-hydrogen) atoms. The van der Waals surface area contributed by atoms with Gasteiger partial charge >= 0.3 is 0 Å². The molecule has 214 valence electrons. The van der Waals surface area contributed by atoms with E-state index in [1.54, 1.807) is 13.1 Å². The molecule has 1 amide bonds. The number of aryl methyl sites for hydroxylation is 2. The van der Waals surface area contributed by atoms with E-state index in [-0.39, 0.29) is 40.2 Å². The molecule has 0 radical (unpaired) electrons. The second-order valence-electron chi connectivity index (χ2n) is 10.7. The molecule has 3 aromatic rings. The lowest BCUT2D eigenvalue weighted by Gasteiger charge is -2.21. The minimum absolute atomic E-state index is 0.0261. The summed E-state index contributed by atoms with van der Waals surface area (Å²) in [7, 11) is -2.44. The number of rotatable bonds is 12. The summed E-state index contributed by atoms with van der Waals surface area (Å²) in [4.78, 5) is 32.8. The van der Waals surface area contributed by atoms with E-state index in [0.717, 1.165) is 23.1 Å². The van der Waals surface area contributed by atoms with Crippen LogP contribution in [0.25, 0.3) is 11.3 Å². The highest BCUT2D eigenvalue weighted by molar-refractivity contribution is 7.92. The molecule has 1 heterocycles. The van der Waals surface area contributed by atoms with Crippen LogP contribution in [0.15, 0.2) is 53.4 Å². The van der Waals surface area contributed by atoms with Crippen LogP contribution < -0.4 is 20.1 Å². The molecule has 0 aliphatic heterocycles. The highest BCUT2D eigenvalue weighted by Gasteiger charge is 2.24. The van der Waals surface area contributed by atoms with E-state index >= 15 is 0 Å². The van der Waals surface area contributed by atoms with Crippen molar-refractivity contribution in [1.29, 1.82) is 0 Å². The lowest BCUT2D eigenvalue weighted by molar-refractivity contribution is -0.128. The summed E-state index contributed by atoms with van der Waals surface area (Å²) in [6.45, 7) is 10.8. The molecule has 0 fully saturated rings.